The van der Waals surface area contributed by atoms with Crippen LogP contribution in [-0.4, -0.2) is 49.8 Å². The molecule has 3 rings (SSSR count). The van der Waals surface area contributed by atoms with Gasteiger partial charge in [0.15, 0.2) is 0 Å². The molecule has 0 bridgehead atoms. The molecule has 2 fully saturated rings. The van der Waals surface area contributed by atoms with Crippen LogP contribution in [0.4, 0.5) is 0 Å². The lowest BCUT2D eigenvalue weighted by Crippen LogP contribution is -2.46. The van der Waals surface area contributed by atoms with E-state index in [9.17, 15) is 0 Å². The summed E-state index contributed by atoms with van der Waals surface area (Å²) in [5.41, 5.74) is 3.22. The Hall–Kier alpha value is -0.835. The van der Waals surface area contributed by atoms with Gasteiger partial charge in [-0.25, -0.2) is 0 Å². The highest BCUT2D eigenvalue weighted by Gasteiger charge is 2.43. The van der Waals surface area contributed by atoms with Crippen LogP contribution in [0.5, 0.6) is 0 Å². The Bertz CT molecular complexity index is 531. The van der Waals surface area contributed by atoms with Crippen LogP contribution < -0.4 is 0 Å². The minimum Gasteiger partial charge on any atom is -0.454 e. The second-order valence-electron chi connectivity index (χ2n) is 8.70. The van der Waals surface area contributed by atoms with Crippen LogP contribution in [0.2, 0.25) is 6.32 Å². The molecule has 2 atom stereocenters. The minimum absolute atomic E-state index is 0.386. The van der Waals surface area contributed by atoms with E-state index in [0.29, 0.717) is 11.5 Å². The fourth-order valence-electron chi connectivity index (χ4n) is 5.75. The monoisotopic (exact) mass is 400 g/mol. The number of piperidine rings is 1. The van der Waals surface area contributed by atoms with Crippen molar-refractivity contribution in [1.29, 1.82) is 0 Å². The molecule has 0 aromatic heterocycles. The second kappa shape index (κ2) is 12.8. The molecule has 0 saturated carbocycles. The van der Waals surface area contributed by atoms with Crippen LogP contribution in [0.15, 0.2) is 36.5 Å². The van der Waals surface area contributed by atoms with Crippen molar-refractivity contribution in [3.05, 3.63) is 36.5 Å². The molecule has 0 spiro atoms. The lowest BCUT2D eigenvalue weighted by molar-refractivity contribution is 0.0390. The molecular weight excluding hydrogens is 357 g/mol. The van der Waals surface area contributed by atoms with Gasteiger partial charge in [0, 0.05) is 12.6 Å². The molecule has 1 N–H and O–H groups in total. The van der Waals surface area contributed by atoms with E-state index in [2.05, 4.69) is 24.1 Å². The number of unbranched alkanes of at least 4 members (excludes halogenated alkanes) is 1. The molecule has 1 aliphatic carbocycles. The van der Waals surface area contributed by atoms with E-state index in [0.717, 1.165) is 38.3 Å². The summed E-state index contributed by atoms with van der Waals surface area (Å²) in [6.07, 6.45) is 16.0. The molecule has 2 aliphatic heterocycles. The number of allylic oxidation sites excluding steroid dienone is 2. The number of likely N-dealkylation sites (tertiary alicyclic amines) is 1. The Labute approximate surface area is 180 Å². The summed E-state index contributed by atoms with van der Waals surface area (Å²) in [5, 5.41) is 8.93. The highest BCUT2D eigenvalue weighted by molar-refractivity contribution is 6.25. The van der Waals surface area contributed by atoms with E-state index >= 15 is 0 Å². The van der Waals surface area contributed by atoms with Gasteiger partial charge < -0.3 is 9.76 Å². The van der Waals surface area contributed by atoms with Crippen molar-refractivity contribution >= 4 is 7.48 Å². The van der Waals surface area contributed by atoms with Crippen molar-refractivity contribution < 1.29 is 9.76 Å². The lowest BCUT2D eigenvalue weighted by Gasteiger charge is -2.45. The van der Waals surface area contributed by atoms with Gasteiger partial charge in [-0.1, -0.05) is 58.3 Å². The molecule has 4 heteroatoms. The first-order valence-corrected chi connectivity index (χ1v) is 12.0. The Balaban J connectivity index is 0.00000145. The summed E-state index contributed by atoms with van der Waals surface area (Å²) in [6.45, 7) is 16.4. The quantitative estimate of drug-likeness (QED) is 0.407. The number of ether oxygens (including phenoxy) is 1. The Morgan fingerprint density at radius 2 is 1.93 bits per heavy atom. The molecule has 163 valence electrons. The number of hydrogen-bond donors (Lipinski definition) is 1. The maximum absolute atomic E-state index is 8.93. The zero-order valence-electron chi connectivity index (χ0n) is 19.0. The van der Waals surface area contributed by atoms with E-state index in [-0.39, 0.29) is 0 Å². The van der Waals surface area contributed by atoms with Gasteiger partial charge in [-0.2, -0.15) is 0 Å². The summed E-state index contributed by atoms with van der Waals surface area (Å²) in [5.74, 6) is 0.785. The van der Waals surface area contributed by atoms with Gasteiger partial charge in [0.1, 0.15) is 0 Å². The molecule has 0 aromatic rings. The van der Waals surface area contributed by atoms with Crippen molar-refractivity contribution in [2.45, 2.75) is 84.0 Å². The third-order valence-corrected chi connectivity index (χ3v) is 7.35. The molecule has 0 aromatic carbocycles. The summed E-state index contributed by atoms with van der Waals surface area (Å²) >= 11 is 0. The standard InChI is InChI=1S/C23H37BNO2.C2H6/c1-3-19-8-7-9-22(21(19)4-2)25-15-10-20(11-16-25)23(13-17-27-18-23)12-5-6-14-24-26;1-2/h3-4,20,22,26H,1-2,5-18H2;1-2H3/t22?,23-;/m1./s1. The highest BCUT2D eigenvalue weighted by Crippen LogP contribution is 2.46. The molecule has 2 heterocycles. The van der Waals surface area contributed by atoms with Gasteiger partial charge in [0.05, 0.1) is 6.61 Å². The zero-order valence-corrected chi connectivity index (χ0v) is 19.0. The van der Waals surface area contributed by atoms with Crippen molar-refractivity contribution in [3.63, 3.8) is 0 Å². The van der Waals surface area contributed by atoms with Crippen molar-refractivity contribution in [2.75, 3.05) is 26.3 Å². The molecular formula is C25H43BNO2. The van der Waals surface area contributed by atoms with Gasteiger partial charge >= 0.3 is 0 Å². The van der Waals surface area contributed by atoms with Crippen LogP contribution in [0.25, 0.3) is 0 Å². The summed E-state index contributed by atoms with van der Waals surface area (Å²) in [7, 11) is 1.31. The van der Waals surface area contributed by atoms with Gasteiger partial charge in [-0.05, 0) is 80.5 Å². The van der Waals surface area contributed by atoms with Crippen LogP contribution in [0, 0.1) is 11.3 Å². The summed E-state index contributed by atoms with van der Waals surface area (Å²) in [4.78, 5) is 2.71. The topological polar surface area (TPSA) is 32.7 Å². The van der Waals surface area contributed by atoms with E-state index in [1.54, 1.807) is 0 Å². The molecule has 0 amide bonds. The molecule has 1 radical (unpaired) electrons. The van der Waals surface area contributed by atoms with Gasteiger partial charge in [-0.3, -0.25) is 4.90 Å². The van der Waals surface area contributed by atoms with Crippen LogP contribution >= 0.6 is 0 Å². The first-order chi connectivity index (χ1) is 14.2. The van der Waals surface area contributed by atoms with E-state index < -0.39 is 0 Å². The molecule has 3 nitrogen and oxygen atoms in total. The fraction of sp³-hybridized carbons (Fsp3) is 0.760. The predicted molar refractivity (Wildman–Crippen MR) is 125 cm³/mol. The van der Waals surface area contributed by atoms with Gasteiger partial charge in [0.2, 0.25) is 0 Å². The number of hydrogen-bond acceptors (Lipinski definition) is 3. The van der Waals surface area contributed by atoms with Crippen molar-refractivity contribution in [3.8, 4) is 0 Å². The van der Waals surface area contributed by atoms with E-state index in [1.165, 1.54) is 76.7 Å². The Morgan fingerprint density at radius 3 is 2.52 bits per heavy atom. The molecule has 1 unspecified atom stereocenters. The largest absolute Gasteiger partial charge is 0.454 e. The van der Waals surface area contributed by atoms with Crippen LogP contribution in [0.3, 0.4) is 0 Å². The van der Waals surface area contributed by atoms with Crippen molar-refractivity contribution in [2.24, 2.45) is 11.3 Å². The average molecular weight is 400 g/mol. The SMILES string of the molecule is C=CC1=C(C=C)C(N2CCC([C@]3(CCCC[B]O)CCOC3)CC2)CCC1.CC. The smallest absolute Gasteiger partial charge is 0.287 e. The number of rotatable bonds is 9. The molecule has 2 saturated heterocycles. The van der Waals surface area contributed by atoms with E-state index in [1.807, 2.05) is 19.9 Å². The first kappa shape index (κ1) is 24.4. The molecule has 29 heavy (non-hydrogen) atoms. The first-order valence-electron chi connectivity index (χ1n) is 12.0. The lowest BCUT2D eigenvalue weighted by atomic mass is 9.67. The summed E-state index contributed by atoms with van der Waals surface area (Å²) in [6, 6.07) is 0.543. The van der Waals surface area contributed by atoms with Crippen LogP contribution in [-0.2, 0) is 4.74 Å². The maximum Gasteiger partial charge on any atom is 0.287 e. The summed E-state index contributed by atoms with van der Waals surface area (Å²) < 4.78 is 5.87. The normalized spacial score (nSPS) is 28.6. The Morgan fingerprint density at radius 1 is 1.17 bits per heavy atom. The van der Waals surface area contributed by atoms with E-state index in [4.69, 9.17) is 9.76 Å². The fourth-order valence-corrected chi connectivity index (χ4v) is 5.75. The maximum atomic E-state index is 8.93. The molecule has 3 aliphatic rings. The average Bonchev–Trinajstić information content (AvgIpc) is 3.27. The number of nitrogens with zero attached hydrogens (tertiary/aromatic N) is 1. The van der Waals surface area contributed by atoms with Gasteiger partial charge in [0.25, 0.3) is 7.48 Å². The highest BCUT2D eigenvalue weighted by atomic mass is 16.5. The third-order valence-electron chi connectivity index (χ3n) is 7.35. The Kier molecular flexibility index (Phi) is 10.8. The second-order valence-corrected chi connectivity index (χ2v) is 8.70. The van der Waals surface area contributed by atoms with Crippen LogP contribution in [0.1, 0.15) is 71.6 Å². The van der Waals surface area contributed by atoms with Crippen molar-refractivity contribution in [1.82, 2.24) is 4.90 Å². The predicted octanol–water partition coefficient (Wildman–Crippen LogP) is 5.55. The zero-order chi connectivity index (χ0) is 21.1. The van der Waals surface area contributed by atoms with Gasteiger partial charge in [-0.15, -0.1) is 0 Å². The minimum atomic E-state index is 0.386. The third kappa shape index (κ3) is 6.09.